The fraction of sp³-hybridized carbons (Fsp3) is 0.111. The summed E-state index contributed by atoms with van der Waals surface area (Å²) in [5.74, 6) is 3.99. The van der Waals surface area contributed by atoms with Crippen molar-refractivity contribution >= 4 is 12.2 Å². The number of hydrogen-bond acceptors (Lipinski definition) is 8. The summed E-state index contributed by atoms with van der Waals surface area (Å²) in [6, 6.07) is 12.5. The zero-order valence-corrected chi connectivity index (χ0v) is 15.3. The first-order valence-corrected chi connectivity index (χ1v) is 7.81. The summed E-state index contributed by atoms with van der Waals surface area (Å²) in [5, 5.41) is 28.0. The normalized spacial score (nSPS) is 9.71. The molecule has 3 rings (SSSR count). The van der Waals surface area contributed by atoms with Crippen molar-refractivity contribution in [2.24, 2.45) is 10.9 Å². The van der Waals surface area contributed by atoms with Crippen molar-refractivity contribution < 1.29 is 24.7 Å². The van der Waals surface area contributed by atoms with E-state index < -0.39 is 0 Å². The maximum atomic E-state index is 11.4. The van der Waals surface area contributed by atoms with Gasteiger partial charge in [0.25, 0.3) is 11.8 Å². The number of rotatable bonds is 3. The van der Waals surface area contributed by atoms with E-state index in [0.29, 0.717) is 11.5 Å². The molecule has 1 heterocycles. The number of aromatic hydroxyl groups is 2. The number of nitrogens with zero attached hydrogens (tertiary/aromatic N) is 4. The predicted octanol–water partition coefficient (Wildman–Crippen LogP) is 1.90. The van der Waals surface area contributed by atoms with Gasteiger partial charge in [0.05, 0.1) is 6.34 Å². The second kappa shape index (κ2) is 11.8. The van der Waals surface area contributed by atoms with E-state index in [1.165, 1.54) is 36.9 Å². The molecule has 0 atom stereocenters. The monoisotopic (exact) mass is 387 g/mol. The van der Waals surface area contributed by atoms with Gasteiger partial charge in [0.2, 0.25) is 0 Å². The van der Waals surface area contributed by atoms with Crippen LogP contribution in [0.4, 0.5) is 0 Å². The minimum absolute atomic E-state index is 0.137. The fourth-order valence-corrected chi connectivity index (χ4v) is 1.75. The van der Waals surface area contributed by atoms with Gasteiger partial charge < -0.3 is 24.8 Å². The molecule has 148 valence electrons. The Morgan fingerprint density at radius 2 is 1.57 bits per heavy atom. The molecule has 0 aliphatic rings. The van der Waals surface area contributed by atoms with Gasteiger partial charge in [-0.15, -0.1) is 0 Å². The van der Waals surface area contributed by atoms with Crippen molar-refractivity contribution in [3.05, 3.63) is 60.4 Å². The number of nitrogens with two attached hydrogens (primary N) is 1. The van der Waals surface area contributed by atoms with Crippen LogP contribution < -0.4 is 5.90 Å². The van der Waals surface area contributed by atoms with Crippen LogP contribution in [0.1, 0.15) is 10.4 Å². The minimum atomic E-state index is -0.321. The molecule has 3 aromatic rings. The van der Waals surface area contributed by atoms with Crippen LogP contribution in [-0.2, 0) is 0 Å². The molecule has 0 saturated heterocycles. The number of aliphatic imine (C=N–C) groups is 1. The molecule has 0 bridgehead atoms. The van der Waals surface area contributed by atoms with E-state index in [0.717, 1.165) is 5.56 Å². The molecule has 0 aliphatic heterocycles. The third kappa shape index (κ3) is 7.64. The summed E-state index contributed by atoms with van der Waals surface area (Å²) < 4.78 is 4.82. The Hall–Kier alpha value is -3.76. The first-order chi connectivity index (χ1) is 13.5. The van der Waals surface area contributed by atoms with Gasteiger partial charge in [-0.05, 0) is 48.5 Å². The lowest BCUT2D eigenvalue weighted by molar-refractivity contribution is 0.100. The van der Waals surface area contributed by atoms with Gasteiger partial charge >= 0.3 is 0 Å². The average molecular weight is 387 g/mol. The third-order valence-corrected chi connectivity index (χ3v) is 3.00. The number of phenolic OH excluding ortho intramolecular Hbond substituents is 2. The molecule has 0 aliphatic carbocycles. The van der Waals surface area contributed by atoms with Crippen LogP contribution in [0.25, 0.3) is 11.5 Å². The standard InChI is InChI=1S/C10H12N2O2.C8H6N2O2.H3NO/c1-12(2)7-11-10(14)8-3-5-9(13)6-4-8;11-7-3-1-6(2-4-7)8-9-5-10-12-8;1-2/h3-7,13H,1-2H3;1-5,11H;2H,1H2. The Bertz CT molecular complexity index is 847. The Kier molecular flexibility index (Phi) is 9.37. The molecule has 5 N–H and O–H groups in total. The molecule has 10 heteroatoms. The lowest BCUT2D eigenvalue weighted by atomic mass is 10.2. The van der Waals surface area contributed by atoms with Crippen molar-refractivity contribution in [3.8, 4) is 23.0 Å². The highest BCUT2D eigenvalue weighted by molar-refractivity contribution is 5.98. The second-order valence-electron chi connectivity index (χ2n) is 5.35. The van der Waals surface area contributed by atoms with Crippen LogP contribution in [0.2, 0.25) is 0 Å². The lowest BCUT2D eigenvalue weighted by Crippen LogP contribution is -2.09. The van der Waals surface area contributed by atoms with Crippen LogP contribution in [0.3, 0.4) is 0 Å². The van der Waals surface area contributed by atoms with Crippen LogP contribution >= 0.6 is 0 Å². The summed E-state index contributed by atoms with van der Waals surface area (Å²) >= 11 is 0. The molecule has 0 unspecified atom stereocenters. The van der Waals surface area contributed by atoms with Crippen LogP contribution in [0, 0.1) is 0 Å². The van der Waals surface area contributed by atoms with E-state index in [-0.39, 0.29) is 17.4 Å². The Morgan fingerprint density at radius 3 is 2.04 bits per heavy atom. The number of phenols is 2. The summed E-state index contributed by atoms with van der Waals surface area (Å²) in [4.78, 5) is 20.6. The number of aromatic nitrogens is 2. The summed E-state index contributed by atoms with van der Waals surface area (Å²) in [5.41, 5.74) is 1.26. The molecule has 1 aromatic heterocycles. The Balaban J connectivity index is 0.000000259. The lowest BCUT2D eigenvalue weighted by Gasteiger charge is -2.01. The molecule has 0 spiro atoms. The number of benzene rings is 2. The largest absolute Gasteiger partial charge is 0.508 e. The molecule has 0 fully saturated rings. The highest BCUT2D eigenvalue weighted by atomic mass is 16.5. The van der Waals surface area contributed by atoms with Gasteiger partial charge in [-0.25, -0.2) is 5.90 Å². The van der Waals surface area contributed by atoms with Gasteiger partial charge in [-0.1, -0.05) is 5.16 Å². The quantitative estimate of drug-likeness (QED) is 0.299. The predicted molar refractivity (Wildman–Crippen MR) is 102 cm³/mol. The first kappa shape index (κ1) is 22.3. The molecule has 0 saturated carbocycles. The number of hydrogen-bond donors (Lipinski definition) is 4. The molecule has 1 amide bonds. The highest BCUT2D eigenvalue weighted by Gasteiger charge is 2.02. The molecule has 0 radical (unpaired) electrons. The van der Waals surface area contributed by atoms with Gasteiger partial charge in [0, 0.05) is 25.2 Å². The maximum absolute atomic E-state index is 11.4. The van der Waals surface area contributed by atoms with Gasteiger partial charge in [-0.3, -0.25) is 4.79 Å². The SMILES string of the molecule is CN(C)C=NC(=O)c1ccc(O)cc1.NO.Oc1ccc(-c2ncno2)cc1. The zero-order valence-electron chi connectivity index (χ0n) is 15.3. The van der Waals surface area contributed by atoms with E-state index in [2.05, 4.69) is 21.0 Å². The van der Waals surface area contributed by atoms with Gasteiger partial charge in [0.15, 0.2) is 6.33 Å². The van der Waals surface area contributed by atoms with Crippen molar-refractivity contribution in [2.45, 2.75) is 0 Å². The van der Waals surface area contributed by atoms with Crippen molar-refractivity contribution in [1.82, 2.24) is 15.0 Å². The van der Waals surface area contributed by atoms with Crippen molar-refractivity contribution in [1.29, 1.82) is 0 Å². The van der Waals surface area contributed by atoms with Gasteiger partial charge in [-0.2, -0.15) is 9.98 Å². The second-order valence-corrected chi connectivity index (χ2v) is 5.35. The summed E-state index contributed by atoms with van der Waals surface area (Å²) in [6.07, 6.45) is 2.78. The molecule has 28 heavy (non-hydrogen) atoms. The van der Waals surface area contributed by atoms with E-state index in [1.54, 1.807) is 43.3 Å². The van der Waals surface area contributed by atoms with E-state index in [9.17, 15) is 4.79 Å². The number of carbonyl (C=O) groups excluding carboxylic acids is 1. The molecular weight excluding hydrogens is 366 g/mol. The number of carbonyl (C=O) groups is 1. The van der Waals surface area contributed by atoms with Gasteiger partial charge in [0.1, 0.15) is 11.5 Å². The average Bonchev–Trinajstić information content (AvgIpc) is 3.24. The summed E-state index contributed by atoms with van der Waals surface area (Å²) in [7, 11) is 3.57. The molecule has 10 nitrogen and oxygen atoms in total. The van der Waals surface area contributed by atoms with Crippen LogP contribution in [0.5, 0.6) is 11.5 Å². The maximum Gasteiger partial charge on any atom is 0.278 e. The smallest absolute Gasteiger partial charge is 0.278 e. The van der Waals surface area contributed by atoms with Crippen molar-refractivity contribution in [3.63, 3.8) is 0 Å². The Labute approximate surface area is 161 Å². The fourth-order valence-electron chi connectivity index (χ4n) is 1.75. The topological polar surface area (TPSA) is 158 Å². The zero-order chi connectivity index (χ0) is 20.9. The van der Waals surface area contributed by atoms with Crippen molar-refractivity contribution in [2.75, 3.05) is 14.1 Å². The number of amides is 1. The van der Waals surface area contributed by atoms with E-state index in [4.69, 9.17) is 19.9 Å². The minimum Gasteiger partial charge on any atom is -0.508 e. The highest BCUT2D eigenvalue weighted by Crippen LogP contribution is 2.18. The first-order valence-electron chi connectivity index (χ1n) is 7.81. The molecule has 2 aromatic carbocycles. The van der Waals surface area contributed by atoms with E-state index in [1.807, 2.05) is 0 Å². The third-order valence-electron chi connectivity index (χ3n) is 3.00. The Morgan fingerprint density at radius 1 is 1.04 bits per heavy atom. The van der Waals surface area contributed by atoms with E-state index >= 15 is 0 Å². The van der Waals surface area contributed by atoms with Crippen LogP contribution in [0.15, 0.2) is 64.4 Å². The summed E-state index contributed by atoms with van der Waals surface area (Å²) in [6.45, 7) is 0. The van der Waals surface area contributed by atoms with Crippen LogP contribution in [-0.4, -0.2) is 56.8 Å². The molecular formula is C18H21N5O5.